The molecule has 1 aliphatic heterocycles. The normalized spacial score (nSPS) is 18.3. The first-order chi connectivity index (χ1) is 13.8. The SMILES string of the molecule is O=C(O)CCCN1C(=O)C(=O)/C(=C(/O)c2ccc(Cl)cc2)C1c1ccc(F)cc1. The third kappa shape index (κ3) is 4.30. The molecule has 2 aromatic rings. The zero-order valence-corrected chi connectivity index (χ0v) is 15.9. The molecular weight excluding hydrogens is 401 g/mol. The van der Waals surface area contributed by atoms with Gasteiger partial charge in [-0.3, -0.25) is 14.4 Å². The number of halogens is 2. The molecule has 1 aliphatic rings. The Bertz CT molecular complexity index is 985. The van der Waals surface area contributed by atoms with Gasteiger partial charge in [0.25, 0.3) is 11.7 Å². The van der Waals surface area contributed by atoms with Crippen LogP contribution in [0.25, 0.3) is 5.76 Å². The quantitative estimate of drug-likeness (QED) is 0.424. The Balaban J connectivity index is 2.08. The maximum Gasteiger partial charge on any atom is 0.303 e. The zero-order chi connectivity index (χ0) is 21.1. The summed E-state index contributed by atoms with van der Waals surface area (Å²) in [6.45, 7) is -0.00366. The Morgan fingerprint density at radius 1 is 1.03 bits per heavy atom. The molecule has 8 heteroatoms. The maximum absolute atomic E-state index is 13.4. The van der Waals surface area contributed by atoms with Gasteiger partial charge in [0.1, 0.15) is 11.6 Å². The van der Waals surface area contributed by atoms with Crippen molar-refractivity contribution in [3.05, 3.63) is 76.1 Å². The molecule has 150 valence electrons. The summed E-state index contributed by atoms with van der Waals surface area (Å²) in [7, 11) is 0. The minimum absolute atomic E-state index is 0.00366. The minimum atomic E-state index is -1.03. The van der Waals surface area contributed by atoms with Crippen LogP contribution in [-0.2, 0) is 14.4 Å². The highest BCUT2D eigenvalue weighted by atomic mass is 35.5. The van der Waals surface area contributed by atoms with E-state index in [1.807, 2.05) is 0 Å². The van der Waals surface area contributed by atoms with Gasteiger partial charge in [-0.1, -0.05) is 23.7 Å². The molecule has 6 nitrogen and oxygen atoms in total. The van der Waals surface area contributed by atoms with Crippen molar-refractivity contribution in [3.8, 4) is 0 Å². The van der Waals surface area contributed by atoms with Gasteiger partial charge >= 0.3 is 5.97 Å². The number of Topliss-reactive ketones (excluding diaryl/α,β-unsaturated/α-hetero) is 1. The van der Waals surface area contributed by atoms with Crippen molar-refractivity contribution in [2.75, 3.05) is 6.54 Å². The van der Waals surface area contributed by atoms with Gasteiger partial charge < -0.3 is 15.1 Å². The van der Waals surface area contributed by atoms with Crippen LogP contribution in [0.1, 0.15) is 30.0 Å². The fourth-order valence-corrected chi connectivity index (χ4v) is 3.39. The Morgan fingerprint density at radius 3 is 2.24 bits per heavy atom. The molecule has 3 rings (SSSR count). The molecule has 1 amide bonds. The number of hydrogen-bond acceptors (Lipinski definition) is 4. The third-order valence-electron chi connectivity index (χ3n) is 4.63. The summed E-state index contributed by atoms with van der Waals surface area (Å²) in [6.07, 6.45) is -0.0582. The highest BCUT2D eigenvalue weighted by molar-refractivity contribution is 6.46. The number of aliphatic carboxylic acids is 1. The van der Waals surface area contributed by atoms with E-state index in [-0.39, 0.29) is 30.7 Å². The van der Waals surface area contributed by atoms with E-state index in [2.05, 4.69) is 0 Å². The lowest BCUT2D eigenvalue weighted by atomic mass is 9.95. The number of rotatable bonds is 6. The Hall–Kier alpha value is -3.19. The topological polar surface area (TPSA) is 94.9 Å². The first kappa shape index (κ1) is 20.5. The predicted octanol–water partition coefficient (Wildman–Crippen LogP) is 3.77. The molecule has 1 fully saturated rings. The smallest absolute Gasteiger partial charge is 0.303 e. The number of nitrogens with zero attached hydrogens (tertiary/aromatic N) is 1. The molecule has 0 bridgehead atoms. The highest BCUT2D eigenvalue weighted by Crippen LogP contribution is 2.39. The summed E-state index contributed by atoms with van der Waals surface area (Å²) >= 11 is 5.86. The lowest BCUT2D eigenvalue weighted by Crippen LogP contribution is -2.31. The number of carbonyl (C=O) groups excluding carboxylic acids is 2. The van der Waals surface area contributed by atoms with Crippen LogP contribution in [0.15, 0.2) is 54.1 Å². The largest absolute Gasteiger partial charge is 0.507 e. The van der Waals surface area contributed by atoms with E-state index in [0.29, 0.717) is 16.1 Å². The van der Waals surface area contributed by atoms with Gasteiger partial charge in [0.05, 0.1) is 11.6 Å². The number of ketones is 1. The summed E-state index contributed by atoms with van der Waals surface area (Å²) in [5, 5.41) is 20.1. The first-order valence-electron chi connectivity index (χ1n) is 8.81. The summed E-state index contributed by atoms with van der Waals surface area (Å²) in [4.78, 5) is 37.4. The van der Waals surface area contributed by atoms with Crippen LogP contribution in [0.5, 0.6) is 0 Å². The van der Waals surface area contributed by atoms with E-state index >= 15 is 0 Å². The van der Waals surface area contributed by atoms with Crippen molar-refractivity contribution < 1.29 is 29.0 Å². The van der Waals surface area contributed by atoms with Crippen LogP contribution in [0, 0.1) is 5.82 Å². The lowest BCUT2D eigenvalue weighted by Gasteiger charge is -2.25. The lowest BCUT2D eigenvalue weighted by molar-refractivity contribution is -0.140. The molecule has 1 heterocycles. The van der Waals surface area contributed by atoms with Crippen LogP contribution in [0.3, 0.4) is 0 Å². The van der Waals surface area contributed by atoms with E-state index in [1.54, 1.807) is 0 Å². The number of carboxylic acids is 1. The van der Waals surface area contributed by atoms with Gasteiger partial charge in [-0.05, 0) is 48.4 Å². The number of aliphatic hydroxyl groups is 1. The Kier molecular flexibility index (Phi) is 5.98. The monoisotopic (exact) mass is 417 g/mol. The van der Waals surface area contributed by atoms with Crippen molar-refractivity contribution in [1.29, 1.82) is 0 Å². The molecule has 1 atom stereocenters. The van der Waals surface area contributed by atoms with Crippen LogP contribution in [-0.4, -0.2) is 39.3 Å². The van der Waals surface area contributed by atoms with Crippen LogP contribution >= 0.6 is 11.6 Å². The van der Waals surface area contributed by atoms with E-state index in [1.165, 1.54) is 53.4 Å². The molecular formula is C21H17ClFNO5. The van der Waals surface area contributed by atoms with Crippen LogP contribution in [0.4, 0.5) is 4.39 Å². The average molecular weight is 418 g/mol. The molecule has 2 N–H and O–H groups in total. The second kappa shape index (κ2) is 8.45. The van der Waals surface area contributed by atoms with Crippen molar-refractivity contribution in [1.82, 2.24) is 4.90 Å². The zero-order valence-electron chi connectivity index (χ0n) is 15.1. The van der Waals surface area contributed by atoms with E-state index in [0.717, 1.165) is 0 Å². The van der Waals surface area contributed by atoms with Crippen molar-refractivity contribution in [2.24, 2.45) is 0 Å². The van der Waals surface area contributed by atoms with Crippen molar-refractivity contribution in [3.63, 3.8) is 0 Å². The third-order valence-corrected chi connectivity index (χ3v) is 4.88. The highest BCUT2D eigenvalue weighted by Gasteiger charge is 2.45. The van der Waals surface area contributed by atoms with Gasteiger partial charge in [0, 0.05) is 23.6 Å². The van der Waals surface area contributed by atoms with Gasteiger partial charge in [-0.15, -0.1) is 0 Å². The fraction of sp³-hybridized carbons (Fsp3) is 0.190. The van der Waals surface area contributed by atoms with Crippen LogP contribution in [0.2, 0.25) is 5.02 Å². The van der Waals surface area contributed by atoms with Crippen molar-refractivity contribution in [2.45, 2.75) is 18.9 Å². The number of likely N-dealkylation sites (tertiary alicyclic amines) is 1. The van der Waals surface area contributed by atoms with E-state index in [9.17, 15) is 23.9 Å². The molecule has 0 spiro atoms. The van der Waals surface area contributed by atoms with Crippen LogP contribution < -0.4 is 0 Å². The van der Waals surface area contributed by atoms with Gasteiger partial charge in [0.2, 0.25) is 0 Å². The molecule has 0 saturated carbocycles. The summed E-state index contributed by atoms with van der Waals surface area (Å²) < 4.78 is 13.4. The summed E-state index contributed by atoms with van der Waals surface area (Å²) in [5.41, 5.74) is 0.584. The molecule has 1 saturated heterocycles. The number of carboxylic acid groups (broad SMARTS) is 1. The Labute approximate surface area is 170 Å². The van der Waals surface area contributed by atoms with E-state index < -0.39 is 29.5 Å². The molecule has 1 unspecified atom stereocenters. The number of hydrogen-bond donors (Lipinski definition) is 2. The number of aliphatic hydroxyl groups excluding tert-OH is 1. The average Bonchev–Trinajstić information content (AvgIpc) is 2.93. The van der Waals surface area contributed by atoms with E-state index in [4.69, 9.17) is 16.7 Å². The van der Waals surface area contributed by atoms with Gasteiger partial charge in [0.15, 0.2) is 0 Å². The minimum Gasteiger partial charge on any atom is -0.507 e. The maximum atomic E-state index is 13.4. The first-order valence-corrected chi connectivity index (χ1v) is 9.19. The van der Waals surface area contributed by atoms with Gasteiger partial charge in [-0.2, -0.15) is 0 Å². The second-order valence-corrected chi connectivity index (χ2v) is 6.98. The second-order valence-electron chi connectivity index (χ2n) is 6.55. The molecule has 0 aromatic heterocycles. The predicted molar refractivity (Wildman–Crippen MR) is 104 cm³/mol. The molecule has 0 aliphatic carbocycles. The fourth-order valence-electron chi connectivity index (χ4n) is 3.27. The molecule has 29 heavy (non-hydrogen) atoms. The number of benzene rings is 2. The Morgan fingerprint density at radius 2 is 1.66 bits per heavy atom. The molecule has 0 radical (unpaired) electrons. The summed E-state index contributed by atoms with van der Waals surface area (Å²) in [5.74, 6) is -3.63. The van der Waals surface area contributed by atoms with Crippen molar-refractivity contribution >= 4 is 35.0 Å². The van der Waals surface area contributed by atoms with Gasteiger partial charge in [-0.25, -0.2) is 4.39 Å². The molecule has 2 aromatic carbocycles. The number of amides is 1. The summed E-state index contributed by atoms with van der Waals surface area (Å²) in [6, 6.07) is 10.4. The standard InChI is InChI=1S/C21H17ClFNO5/c22-14-7-3-13(4-8-14)19(27)17-18(12-5-9-15(23)10-6-12)24(21(29)20(17)28)11-1-2-16(25)26/h3-10,18,27H,1-2,11H2,(H,25,26)/b19-17+. The number of carbonyl (C=O) groups is 3.